The van der Waals surface area contributed by atoms with Gasteiger partial charge in [0.1, 0.15) is 5.75 Å². The van der Waals surface area contributed by atoms with Crippen LogP contribution in [-0.4, -0.2) is 16.9 Å². The Balaban J connectivity index is 2.04. The van der Waals surface area contributed by atoms with Crippen LogP contribution in [0.1, 0.15) is 12.8 Å². The molecule has 19 heavy (non-hydrogen) atoms. The largest absolute Gasteiger partial charge is 0.506 e. The Morgan fingerprint density at radius 1 is 1.11 bits per heavy atom. The summed E-state index contributed by atoms with van der Waals surface area (Å²) in [5.41, 5.74) is 0.178. The summed E-state index contributed by atoms with van der Waals surface area (Å²) in [6.07, 6.45) is 5.00. The molecule has 1 heterocycles. The molecule has 1 aromatic carbocycles. The number of aromatic hydroxyl groups is 1. The predicted molar refractivity (Wildman–Crippen MR) is 71.0 cm³/mol. The van der Waals surface area contributed by atoms with Gasteiger partial charge in [-0.05, 0) is 31.0 Å². The highest BCUT2D eigenvalue weighted by Gasteiger charge is 2.48. The summed E-state index contributed by atoms with van der Waals surface area (Å²) in [6, 6.07) is 4.34. The minimum absolute atomic E-state index is 0.113. The highest BCUT2D eigenvalue weighted by Crippen LogP contribution is 2.41. The summed E-state index contributed by atoms with van der Waals surface area (Å²) in [4.78, 5) is 25.7. The normalized spacial score (nSPS) is 25.8. The van der Waals surface area contributed by atoms with Crippen molar-refractivity contribution in [1.82, 2.24) is 0 Å². The lowest BCUT2D eigenvalue weighted by atomic mass is 9.85. The second-order valence-corrected chi connectivity index (χ2v) is 5.24. The van der Waals surface area contributed by atoms with Gasteiger partial charge in [-0.15, -0.1) is 0 Å². The molecule has 2 aliphatic rings. The summed E-state index contributed by atoms with van der Waals surface area (Å²) >= 11 is 5.87. The molecule has 4 nitrogen and oxygen atoms in total. The van der Waals surface area contributed by atoms with Crippen LogP contribution in [0.3, 0.4) is 0 Å². The molecule has 1 aliphatic heterocycles. The quantitative estimate of drug-likeness (QED) is 0.634. The van der Waals surface area contributed by atoms with E-state index in [2.05, 4.69) is 0 Å². The molecular weight excluding hydrogens is 266 g/mol. The van der Waals surface area contributed by atoms with E-state index in [-0.39, 0.29) is 35.1 Å². The molecule has 2 atom stereocenters. The van der Waals surface area contributed by atoms with Gasteiger partial charge in [-0.2, -0.15) is 0 Å². The molecule has 2 amide bonds. The van der Waals surface area contributed by atoms with E-state index < -0.39 is 0 Å². The summed E-state index contributed by atoms with van der Waals surface area (Å²) in [6.45, 7) is 0. The Bertz CT molecular complexity index is 570. The minimum Gasteiger partial charge on any atom is -0.506 e. The SMILES string of the molecule is O=C1[C@H]2CC=CC[C@@H]2C(=O)N1c1cc(Cl)ccc1O. The van der Waals surface area contributed by atoms with Gasteiger partial charge < -0.3 is 5.11 Å². The summed E-state index contributed by atoms with van der Waals surface area (Å²) in [5, 5.41) is 10.2. The molecule has 0 spiro atoms. The Morgan fingerprint density at radius 2 is 1.68 bits per heavy atom. The van der Waals surface area contributed by atoms with Crippen LogP contribution in [0.25, 0.3) is 0 Å². The number of anilines is 1. The number of allylic oxidation sites excluding steroid dienone is 2. The van der Waals surface area contributed by atoms with Gasteiger partial charge in [0.05, 0.1) is 17.5 Å². The Kier molecular flexibility index (Phi) is 2.82. The molecule has 0 bridgehead atoms. The third-order valence-electron chi connectivity index (χ3n) is 3.69. The summed E-state index contributed by atoms with van der Waals surface area (Å²) < 4.78 is 0. The second-order valence-electron chi connectivity index (χ2n) is 4.80. The maximum absolute atomic E-state index is 12.3. The third kappa shape index (κ3) is 1.83. The zero-order chi connectivity index (χ0) is 13.6. The highest BCUT2D eigenvalue weighted by atomic mass is 35.5. The van der Waals surface area contributed by atoms with Gasteiger partial charge >= 0.3 is 0 Å². The first-order valence-electron chi connectivity index (χ1n) is 6.11. The van der Waals surface area contributed by atoms with Gasteiger partial charge in [0.15, 0.2) is 0 Å². The molecule has 5 heteroatoms. The van der Waals surface area contributed by atoms with E-state index >= 15 is 0 Å². The number of halogens is 1. The number of nitrogens with zero attached hydrogens (tertiary/aromatic N) is 1. The van der Waals surface area contributed by atoms with E-state index in [1.165, 1.54) is 18.2 Å². The topological polar surface area (TPSA) is 57.6 Å². The van der Waals surface area contributed by atoms with Crippen molar-refractivity contribution in [3.63, 3.8) is 0 Å². The predicted octanol–water partition coefficient (Wildman–Crippen LogP) is 2.50. The highest BCUT2D eigenvalue weighted by molar-refractivity contribution is 6.31. The zero-order valence-electron chi connectivity index (χ0n) is 10.0. The Hall–Kier alpha value is -1.81. The average molecular weight is 278 g/mol. The molecule has 0 saturated carbocycles. The van der Waals surface area contributed by atoms with Gasteiger partial charge in [0.25, 0.3) is 0 Å². The number of carbonyl (C=O) groups is 2. The summed E-state index contributed by atoms with van der Waals surface area (Å²) in [7, 11) is 0. The number of phenolic OH excluding ortho intramolecular Hbond substituents is 1. The van der Waals surface area contributed by atoms with Gasteiger partial charge in [-0.1, -0.05) is 23.8 Å². The molecule has 1 aromatic rings. The van der Waals surface area contributed by atoms with E-state index in [9.17, 15) is 14.7 Å². The third-order valence-corrected chi connectivity index (χ3v) is 3.92. The fourth-order valence-electron chi connectivity index (χ4n) is 2.71. The summed E-state index contributed by atoms with van der Waals surface area (Å²) in [5.74, 6) is -1.24. The molecule has 1 saturated heterocycles. The number of phenols is 1. The maximum atomic E-state index is 12.3. The minimum atomic E-state index is -0.309. The number of amides is 2. The Morgan fingerprint density at radius 3 is 2.26 bits per heavy atom. The van der Waals surface area contributed by atoms with Crippen LogP contribution >= 0.6 is 11.6 Å². The fraction of sp³-hybridized carbons (Fsp3) is 0.286. The number of benzene rings is 1. The zero-order valence-corrected chi connectivity index (χ0v) is 10.8. The number of fused-ring (bicyclic) bond motifs is 1. The van der Waals surface area contributed by atoms with Gasteiger partial charge in [0.2, 0.25) is 11.8 Å². The molecule has 0 aromatic heterocycles. The number of rotatable bonds is 1. The van der Waals surface area contributed by atoms with Gasteiger partial charge in [-0.3, -0.25) is 9.59 Å². The molecule has 3 rings (SSSR count). The van der Waals surface area contributed by atoms with Crippen LogP contribution in [0.2, 0.25) is 5.02 Å². The first-order valence-corrected chi connectivity index (χ1v) is 6.48. The molecule has 1 aliphatic carbocycles. The standard InChI is InChI=1S/C14H12ClNO3/c15-8-5-6-12(17)11(7-8)16-13(18)9-3-1-2-4-10(9)14(16)19/h1-2,5-7,9-10,17H,3-4H2/t9-,10-/m0/s1. The van der Waals surface area contributed by atoms with Crippen molar-refractivity contribution < 1.29 is 14.7 Å². The first-order chi connectivity index (χ1) is 9.09. The van der Waals surface area contributed by atoms with Gasteiger partial charge in [0, 0.05) is 5.02 Å². The van der Waals surface area contributed by atoms with Crippen molar-refractivity contribution in [1.29, 1.82) is 0 Å². The first kappa shape index (κ1) is 12.2. The smallest absolute Gasteiger partial charge is 0.238 e. The monoisotopic (exact) mass is 277 g/mol. The van der Waals surface area contributed by atoms with Crippen LogP contribution in [0.5, 0.6) is 5.75 Å². The lowest BCUT2D eigenvalue weighted by Crippen LogP contribution is -2.30. The molecule has 1 N–H and O–H groups in total. The number of hydrogen-bond acceptors (Lipinski definition) is 3. The van der Waals surface area contributed by atoms with Crippen LogP contribution in [0.4, 0.5) is 5.69 Å². The van der Waals surface area contributed by atoms with E-state index in [4.69, 9.17) is 11.6 Å². The maximum Gasteiger partial charge on any atom is 0.238 e. The Labute approximate surface area is 115 Å². The molecule has 1 fully saturated rings. The van der Waals surface area contributed by atoms with Crippen molar-refractivity contribution in [3.8, 4) is 5.75 Å². The lowest BCUT2D eigenvalue weighted by molar-refractivity contribution is -0.122. The number of imide groups is 1. The molecule has 0 unspecified atom stereocenters. The molecule has 98 valence electrons. The van der Waals surface area contributed by atoms with E-state index in [0.717, 1.165) is 4.90 Å². The van der Waals surface area contributed by atoms with Crippen LogP contribution in [-0.2, 0) is 9.59 Å². The molecular formula is C14H12ClNO3. The molecule has 0 radical (unpaired) electrons. The number of hydrogen-bond donors (Lipinski definition) is 1. The van der Waals surface area contributed by atoms with Crippen LogP contribution < -0.4 is 4.90 Å². The van der Waals surface area contributed by atoms with E-state index in [1.54, 1.807) is 0 Å². The van der Waals surface area contributed by atoms with Crippen molar-refractivity contribution in [2.24, 2.45) is 11.8 Å². The van der Waals surface area contributed by atoms with Crippen molar-refractivity contribution in [2.45, 2.75) is 12.8 Å². The van der Waals surface area contributed by atoms with Crippen molar-refractivity contribution in [3.05, 3.63) is 35.4 Å². The second kappa shape index (κ2) is 4.38. The van der Waals surface area contributed by atoms with E-state index in [1.807, 2.05) is 12.2 Å². The number of carbonyl (C=O) groups excluding carboxylic acids is 2. The van der Waals surface area contributed by atoms with Gasteiger partial charge in [-0.25, -0.2) is 4.90 Å². The average Bonchev–Trinajstić information content (AvgIpc) is 2.66. The van der Waals surface area contributed by atoms with Crippen molar-refractivity contribution >= 4 is 29.1 Å². The van der Waals surface area contributed by atoms with Crippen molar-refractivity contribution in [2.75, 3.05) is 4.90 Å². The fourth-order valence-corrected chi connectivity index (χ4v) is 2.88. The van der Waals surface area contributed by atoms with Crippen LogP contribution in [0, 0.1) is 11.8 Å². The van der Waals surface area contributed by atoms with Crippen LogP contribution in [0.15, 0.2) is 30.4 Å². The lowest BCUT2D eigenvalue weighted by Gasteiger charge is -2.16. The van der Waals surface area contributed by atoms with E-state index in [0.29, 0.717) is 17.9 Å².